The quantitative estimate of drug-likeness (QED) is 0.414. The molecule has 0 N–H and O–H groups in total. The lowest BCUT2D eigenvalue weighted by molar-refractivity contribution is 0.0967. The van der Waals surface area contributed by atoms with Gasteiger partial charge in [0.25, 0.3) is 0 Å². The highest BCUT2D eigenvalue weighted by atomic mass is 35.5. The number of carbonyl (C=O) groups excluding carboxylic acids is 1. The predicted octanol–water partition coefficient (Wildman–Crippen LogP) is 2.01. The Bertz CT molecular complexity index is 283. The van der Waals surface area contributed by atoms with E-state index in [1.165, 1.54) is 0 Å². The second kappa shape index (κ2) is 5.02. The molecule has 0 aliphatic heterocycles. The molecule has 13 heavy (non-hydrogen) atoms. The van der Waals surface area contributed by atoms with Gasteiger partial charge in [-0.2, -0.15) is 0 Å². The minimum atomic E-state index is 0.0950. The van der Waals surface area contributed by atoms with E-state index in [2.05, 4.69) is 4.98 Å². The van der Waals surface area contributed by atoms with Crippen LogP contribution in [0, 0.1) is 0 Å². The Morgan fingerprint density at radius 1 is 1.62 bits per heavy atom. The number of hydrogen-bond acceptors (Lipinski definition) is 2. The first-order valence-corrected chi connectivity index (χ1v) is 4.85. The van der Waals surface area contributed by atoms with Gasteiger partial charge in [-0.25, -0.2) is 4.98 Å². The van der Waals surface area contributed by atoms with E-state index in [0.29, 0.717) is 18.1 Å². The summed E-state index contributed by atoms with van der Waals surface area (Å²) in [6, 6.07) is 0. The number of halogens is 1. The van der Waals surface area contributed by atoms with Gasteiger partial charge in [0.05, 0.1) is 0 Å². The molecule has 0 fully saturated rings. The smallest absolute Gasteiger partial charge is 0.198 e. The molecule has 0 unspecified atom stereocenters. The average Bonchev–Trinajstić information content (AvgIpc) is 2.52. The summed E-state index contributed by atoms with van der Waals surface area (Å²) in [6.45, 7) is 0. The normalized spacial score (nSPS) is 10.3. The fourth-order valence-electron chi connectivity index (χ4n) is 1.13. The second-order valence-electron chi connectivity index (χ2n) is 2.93. The number of rotatable bonds is 5. The van der Waals surface area contributed by atoms with Gasteiger partial charge >= 0.3 is 0 Å². The van der Waals surface area contributed by atoms with Gasteiger partial charge in [-0.15, -0.1) is 11.6 Å². The number of ketones is 1. The Hall–Kier alpha value is -0.830. The molecule has 1 aromatic heterocycles. The minimum absolute atomic E-state index is 0.0950. The minimum Gasteiger partial charge on any atom is -0.332 e. The van der Waals surface area contributed by atoms with Gasteiger partial charge in [0.15, 0.2) is 11.6 Å². The highest BCUT2D eigenvalue weighted by molar-refractivity contribution is 6.17. The zero-order chi connectivity index (χ0) is 9.68. The third-order valence-electron chi connectivity index (χ3n) is 1.86. The van der Waals surface area contributed by atoms with Crippen LogP contribution >= 0.6 is 11.6 Å². The number of aromatic nitrogens is 2. The monoisotopic (exact) mass is 200 g/mol. The Morgan fingerprint density at radius 2 is 2.38 bits per heavy atom. The Morgan fingerprint density at radius 3 is 2.92 bits per heavy atom. The maximum absolute atomic E-state index is 11.5. The summed E-state index contributed by atoms with van der Waals surface area (Å²) >= 11 is 5.51. The van der Waals surface area contributed by atoms with Gasteiger partial charge in [-0.1, -0.05) is 0 Å². The number of carbonyl (C=O) groups is 1. The molecule has 3 nitrogen and oxygen atoms in total. The summed E-state index contributed by atoms with van der Waals surface area (Å²) in [5.41, 5.74) is 0. The van der Waals surface area contributed by atoms with E-state index in [0.717, 1.165) is 12.8 Å². The standard InChI is InChI=1S/C9H13ClN2O/c1-12-7-6-11-9(12)8(13)4-2-3-5-10/h6-7H,2-5H2,1H3. The zero-order valence-electron chi connectivity index (χ0n) is 7.66. The molecule has 0 atom stereocenters. The van der Waals surface area contributed by atoms with Gasteiger partial charge in [0.2, 0.25) is 0 Å². The summed E-state index contributed by atoms with van der Waals surface area (Å²) in [5, 5.41) is 0. The summed E-state index contributed by atoms with van der Waals surface area (Å²) < 4.78 is 1.74. The molecule has 0 radical (unpaired) electrons. The third kappa shape index (κ3) is 2.84. The van der Waals surface area contributed by atoms with Gasteiger partial charge in [-0.3, -0.25) is 4.79 Å². The largest absolute Gasteiger partial charge is 0.332 e. The molecule has 4 heteroatoms. The van der Waals surface area contributed by atoms with Crippen molar-refractivity contribution in [2.45, 2.75) is 19.3 Å². The SMILES string of the molecule is Cn1ccnc1C(=O)CCCCCl. The van der Waals surface area contributed by atoms with Crippen LogP contribution in [0.1, 0.15) is 29.9 Å². The van der Waals surface area contributed by atoms with Gasteiger partial charge in [-0.05, 0) is 12.8 Å². The first-order chi connectivity index (χ1) is 6.25. The van der Waals surface area contributed by atoms with Crippen LogP contribution in [0.15, 0.2) is 12.4 Å². The summed E-state index contributed by atoms with van der Waals surface area (Å²) in [6.07, 6.45) is 5.67. The Kier molecular flexibility index (Phi) is 3.96. The van der Waals surface area contributed by atoms with Crippen LogP contribution in [0.3, 0.4) is 0 Å². The second-order valence-corrected chi connectivity index (χ2v) is 3.31. The maximum atomic E-state index is 11.5. The van der Waals surface area contributed by atoms with Gasteiger partial charge < -0.3 is 4.57 Å². The average molecular weight is 201 g/mol. The summed E-state index contributed by atoms with van der Waals surface area (Å²) in [5.74, 6) is 1.25. The van der Waals surface area contributed by atoms with Crippen LogP contribution in [0.2, 0.25) is 0 Å². The van der Waals surface area contributed by atoms with Gasteiger partial charge in [0, 0.05) is 31.7 Å². The molecule has 1 rings (SSSR count). The third-order valence-corrected chi connectivity index (χ3v) is 2.13. The number of alkyl halides is 1. The molecule has 0 aliphatic rings. The van der Waals surface area contributed by atoms with Crippen molar-refractivity contribution in [2.75, 3.05) is 5.88 Å². The number of imidazole rings is 1. The van der Waals surface area contributed by atoms with Crippen molar-refractivity contribution in [1.29, 1.82) is 0 Å². The molecule has 0 bridgehead atoms. The highest BCUT2D eigenvalue weighted by Gasteiger charge is 2.09. The number of aryl methyl sites for hydroxylation is 1. The van der Waals surface area contributed by atoms with E-state index in [4.69, 9.17) is 11.6 Å². The lowest BCUT2D eigenvalue weighted by Crippen LogP contribution is -2.06. The number of hydrogen-bond donors (Lipinski definition) is 0. The van der Waals surface area contributed by atoms with E-state index >= 15 is 0 Å². The van der Waals surface area contributed by atoms with Crippen molar-refractivity contribution in [1.82, 2.24) is 9.55 Å². The molecule has 0 saturated carbocycles. The summed E-state index contributed by atoms with van der Waals surface area (Å²) in [4.78, 5) is 15.4. The van der Waals surface area contributed by atoms with Crippen molar-refractivity contribution in [3.05, 3.63) is 18.2 Å². The predicted molar refractivity (Wildman–Crippen MR) is 52.1 cm³/mol. The topological polar surface area (TPSA) is 34.9 Å². The van der Waals surface area contributed by atoms with Crippen molar-refractivity contribution >= 4 is 17.4 Å². The first-order valence-electron chi connectivity index (χ1n) is 4.32. The van der Waals surface area contributed by atoms with Crippen LogP contribution in [0.25, 0.3) is 0 Å². The van der Waals surface area contributed by atoms with Crippen LogP contribution in [0.5, 0.6) is 0 Å². The fourth-order valence-corrected chi connectivity index (χ4v) is 1.32. The van der Waals surface area contributed by atoms with Crippen molar-refractivity contribution < 1.29 is 4.79 Å². The van der Waals surface area contributed by atoms with E-state index in [9.17, 15) is 4.79 Å². The maximum Gasteiger partial charge on any atom is 0.198 e. The molecule has 1 heterocycles. The van der Waals surface area contributed by atoms with Crippen LogP contribution in [-0.4, -0.2) is 21.2 Å². The van der Waals surface area contributed by atoms with Crippen molar-refractivity contribution in [2.24, 2.45) is 7.05 Å². The number of Topliss-reactive ketones (excluding diaryl/α,β-unsaturated/α-hetero) is 1. The Labute approximate surface area is 82.7 Å². The molecular formula is C9H13ClN2O. The fraction of sp³-hybridized carbons (Fsp3) is 0.556. The van der Waals surface area contributed by atoms with Crippen LogP contribution < -0.4 is 0 Å². The van der Waals surface area contributed by atoms with Gasteiger partial charge in [0.1, 0.15) is 0 Å². The number of nitrogens with zero attached hydrogens (tertiary/aromatic N) is 2. The zero-order valence-corrected chi connectivity index (χ0v) is 8.42. The molecule has 1 aromatic rings. The molecule has 0 aliphatic carbocycles. The van der Waals surface area contributed by atoms with E-state index in [1.54, 1.807) is 17.0 Å². The van der Waals surface area contributed by atoms with E-state index in [-0.39, 0.29) is 5.78 Å². The molecular weight excluding hydrogens is 188 g/mol. The van der Waals surface area contributed by atoms with E-state index in [1.807, 2.05) is 7.05 Å². The Balaban J connectivity index is 2.45. The first kappa shape index (κ1) is 10.3. The lowest BCUT2D eigenvalue weighted by atomic mass is 10.2. The number of unbranched alkanes of at least 4 members (excludes halogenated alkanes) is 1. The van der Waals surface area contributed by atoms with Crippen molar-refractivity contribution in [3.63, 3.8) is 0 Å². The molecule has 0 saturated heterocycles. The van der Waals surface area contributed by atoms with Crippen LogP contribution in [0.4, 0.5) is 0 Å². The molecule has 72 valence electrons. The highest BCUT2D eigenvalue weighted by Crippen LogP contribution is 2.04. The lowest BCUT2D eigenvalue weighted by Gasteiger charge is -1.99. The summed E-state index contributed by atoms with van der Waals surface area (Å²) in [7, 11) is 1.82. The molecule has 0 aromatic carbocycles. The molecule has 0 amide bonds. The molecule has 0 spiro atoms. The van der Waals surface area contributed by atoms with Crippen LogP contribution in [-0.2, 0) is 7.05 Å². The van der Waals surface area contributed by atoms with Crippen molar-refractivity contribution in [3.8, 4) is 0 Å². The van der Waals surface area contributed by atoms with E-state index < -0.39 is 0 Å².